The minimum atomic E-state index is -1.08. The summed E-state index contributed by atoms with van der Waals surface area (Å²) in [5.74, 6) is -1.22. The van der Waals surface area contributed by atoms with Gasteiger partial charge in [0.05, 0.1) is 7.11 Å². The standard InChI is InChI=1S/C19H18FNO6/c1-12(19(24)21-15-6-4-14(20)5-7-15)27-18(23)11-26-16-8-3-13(10-22)9-17(16)25-2/h3-10,12H,11H2,1-2H3,(H,21,24)/t12-/m1/s1. The van der Waals surface area contributed by atoms with Crippen LogP contribution in [0.25, 0.3) is 0 Å². The van der Waals surface area contributed by atoms with Crippen molar-refractivity contribution in [2.75, 3.05) is 19.0 Å². The lowest BCUT2D eigenvalue weighted by atomic mass is 10.2. The summed E-state index contributed by atoms with van der Waals surface area (Å²) in [7, 11) is 1.40. The van der Waals surface area contributed by atoms with Crippen molar-refractivity contribution in [1.82, 2.24) is 0 Å². The van der Waals surface area contributed by atoms with Gasteiger partial charge in [-0.25, -0.2) is 9.18 Å². The molecule has 0 fully saturated rings. The fraction of sp³-hybridized carbons (Fsp3) is 0.211. The predicted octanol–water partition coefficient (Wildman–Crippen LogP) is 2.60. The molecule has 0 saturated carbocycles. The minimum absolute atomic E-state index is 0.253. The molecule has 0 heterocycles. The lowest BCUT2D eigenvalue weighted by molar-refractivity contribution is -0.155. The molecule has 0 aliphatic heterocycles. The first-order valence-electron chi connectivity index (χ1n) is 7.95. The van der Waals surface area contributed by atoms with E-state index in [1.807, 2.05) is 0 Å². The topological polar surface area (TPSA) is 90.9 Å². The number of benzene rings is 2. The highest BCUT2D eigenvalue weighted by molar-refractivity contribution is 5.95. The van der Waals surface area contributed by atoms with E-state index < -0.39 is 30.4 Å². The Bertz CT molecular complexity index is 821. The average molecular weight is 375 g/mol. The van der Waals surface area contributed by atoms with E-state index in [4.69, 9.17) is 14.2 Å². The second-order valence-electron chi connectivity index (χ2n) is 5.45. The van der Waals surface area contributed by atoms with Gasteiger partial charge in [0.15, 0.2) is 24.2 Å². The van der Waals surface area contributed by atoms with Crippen molar-refractivity contribution in [3.63, 3.8) is 0 Å². The highest BCUT2D eigenvalue weighted by atomic mass is 19.1. The van der Waals surface area contributed by atoms with Crippen molar-refractivity contribution in [2.24, 2.45) is 0 Å². The first-order chi connectivity index (χ1) is 12.9. The van der Waals surface area contributed by atoms with Gasteiger partial charge in [0.25, 0.3) is 5.91 Å². The summed E-state index contributed by atoms with van der Waals surface area (Å²) in [6.45, 7) is 0.946. The summed E-state index contributed by atoms with van der Waals surface area (Å²) >= 11 is 0. The Morgan fingerprint density at radius 1 is 1.15 bits per heavy atom. The molecule has 2 aromatic carbocycles. The number of esters is 1. The molecule has 27 heavy (non-hydrogen) atoms. The van der Waals surface area contributed by atoms with Gasteiger partial charge in [-0.15, -0.1) is 0 Å². The molecular formula is C19H18FNO6. The molecule has 0 spiro atoms. The van der Waals surface area contributed by atoms with E-state index >= 15 is 0 Å². The van der Waals surface area contributed by atoms with E-state index in [1.165, 1.54) is 56.5 Å². The number of ether oxygens (including phenoxy) is 3. The second-order valence-corrected chi connectivity index (χ2v) is 5.45. The van der Waals surface area contributed by atoms with Crippen molar-refractivity contribution >= 4 is 23.9 Å². The number of methoxy groups -OCH3 is 1. The molecule has 0 unspecified atom stereocenters. The number of anilines is 1. The smallest absolute Gasteiger partial charge is 0.344 e. The van der Waals surface area contributed by atoms with Crippen molar-refractivity contribution in [1.29, 1.82) is 0 Å². The van der Waals surface area contributed by atoms with Gasteiger partial charge < -0.3 is 19.5 Å². The summed E-state index contributed by atoms with van der Waals surface area (Å²) in [6.07, 6.45) is -0.424. The summed E-state index contributed by atoms with van der Waals surface area (Å²) in [4.78, 5) is 34.6. The molecule has 142 valence electrons. The summed E-state index contributed by atoms with van der Waals surface area (Å²) < 4.78 is 28.3. The van der Waals surface area contributed by atoms with Gasteiger partial charge in [0.2, 0.25) is 0 Å². The van der Waals surface area contributed by atoms with Gasteiger partial charge in [-0.05, 0) is 49.4 Å². The van der Waals surface area contributed by atoms with Gasteiger partial charge in [0, 0.05) is 11.3 Å². The van der Waals surface area contributed by atoms with Crippen LogP contribution in [0.5, 0.6) is 11.5 Å². The summed E-state index contributed by atoms with van der Waals surface area (Å²) in [6, 6.07) is 9.63. The Morgan fingerprint density at radius 3 is 2.48 bits per heavy atom. The van der Waals surface area contributed by atoms with Gasteiger partial charge >= 0.3 is 5.97 Å². The minimum Gasteiger partial charge on any atom is -0.493 e. The number of halogens is 1. The Hall–Kier alpha value is -3.42. The first-order valence-corrected chi connectivity index (χ1v) is 7.95. The molecule has 0 bridgehead atoms. The average Bonchev–Trinajstić information content (AvgIpc) is 2.67. The zero-order chi connectivity index (χ0) is 19.8. The van der Waals surface area contributed by atoms with Crippen LogP contribution in [-0.4, -0.2) is 38.0 Å². The molecule has 1 amide bonds. The van der Waals surface area contributed by atoms with Crippen molar-refractivity contribution in [3.05, 3.63) is 53.8 Å². The Kier molecular flexibility index (Phi) is 6.87. The zero-order valence-corrected chi connectivity index (χ0v) is 14.7. The van der Waals surface area contributed by atoms with Crippen molar-refractivity contribution in [2.45, 2.75) is 13.0 Å². The molecule has 0 aliphatic carbocycles. The summed E-state index contributed by atoms with van der Waals surface area (Å²) in [5, 5.41) is 2.50. The predicted molar refractivity (Wildman–Crippen MR) is 94.5 cm³/mol. The van der Waals surface area contributed by atoms with Crippen LogP contribution in [0, 0.1) is 5.82 Å². The number of amides is 1. The second kappa shape index (κ2) is 9.33. The van der Waals surface area contributed by atoms with E-state index in [9.17, 15) is 18.8 Å². The molecule has 2 rings (SSSR count). The Morgan fingerprint density at radius 2 is 1.85 bits per heavy atom. The SMILES string of the molecule is COc1cc(C=O)ccc1OCC(=O)O[C@H](C)C(=O)Nc1ccc(F)cc1. The number of rotatable bonds is 8. The quantitative estimate of drug-likeness (QED) is 0.563. The lowest BCUT2D eigenvalue weighted by Gasteiger charge is -2.15. The molecule has 1 atom stereocenters. The van der Waals surface area contributed by atoms with Crippen molar-refractivity contribution < 1.29 is 33.0 Å². The highest BCUT2D eigenvalue weighted by Gasteiger charge is 2.19. The van der Waals surface area contributed by atoms with Gasteiger partial charge in [-0.1, -0.05) is 0 Å². The molecular weight excluding hydrogens is 357 g/mol. The number of nitrogens with one attached hydrogen (secondary N) is 1. The third kappa shape index (κ3) is 5.81. The maximum atomic E-state index is 12.9. The summed E-state index contributed by atoms with van der Waals surface area (Å²) in [5.41, 5.74) is 0.772. The number of hydrogen-bond acceptors (Lipinski definition) is 6. The number of aldehydes is 1. The van der Waals surface area contributed by atoms with Crippen LogP contribution in [-0.2, 0) is 14.3 Å². The Balaban J connectivity index is 1.86. The Labute approximate surface area is 155 Å². The van der Waals surface area contributed by atoms with Crippen LogP contribution < -0.4 is 14.8 Å². The third-order valence-electron chi connectivity index (χ3n) is 3.46. The highest BCUT2D eigenvalue weighted by Crippen LogP contribution is 2.27. The van der Waals surface area contributed by atoms with Crippen molar-refractivity contribution in [3.8, 4) is 11.5 Å². The largest absolute Gasteiger partial charge is 0.493 e. The van der Waals surface area contributed by atoms with Crippen LogP contribution >= 0.6 is 0 Å². The van der Waals surface area contributed by atoms with Gasteiger partial charge in [0.1, 0.15) is 12.1 Å². The number of hydrogen-bond donors (Lipinski definition) is 1. The molecule has 1 N–H and O–H groups in total. The van der Waals surface area contributed by atoms with E-state index in [0.717, 1.165) is 0 Å². The molecule has 0 aromatic heterocycles. The number of carbonyl (C=O) groups is 3. The third-order valence-corrected chi connectivity index (χ3v) is 3.46. The normalized spacial score (nSPS) is 11.2. The fourth-order valence-electron chi connectivity index (χ4n) is 2.08. The maximum Gasteiger partial charge on any atom is 0.344 e. The van der Waals surface area contributed by atoms with E-state index in [2.05, 4.69) is 5.32 Å². The van der Waals surface area contributed by atoms with Crippen LogP contribution in [0.4, 0.5) is 10.1 Å². The maximum absolute atomic E-state index is 12.9. The van der Waals surface area contributed by atoms with Gasteiger partial charge in [-0.2, -0.15) is 0 Å². The molecule has 0 radical (unpaired) electrons. The molecule has 8 heteroatoms. The molecule has 0 aliphatic rings. The monoisotopic (exact) mass is 375 g/mol. The molecule has 7 nitrogen and oxygen atoms in total. The van der Waals surface area contributed by atoms with Crippen LogP contribution in [0.3, 0.4) is 0 Å². The number of carbonyl (C=O) groups excluding carboxylic acids is 3. The van der Waals surface area contributed by atoms with Gasteiger partial charge in [-0.3, -0.25) is 9.59 Å². The van der Waals surface area contributed by atoms with Crippen LogP contribution in [0.1, 0.15) is 17.3 Å². The van der Waals surface area contributed by atoms with E-state index in [-0.39, 0.29) is 11.5 Å². The first kappa shape index (κ1) is 19.9. The fourth-order valence-corrected chi connectivity index (χ4v) is 2.08. The van der Waals surface area contributed by atoms with Crippen LogP contribution in [0.15, 0.2) is 42.5 Å². The van der Waals surface area contributed by atoms with Crippen LogP contribution in [0.2, 0.25) is 0 Å². The molecule has 2 aromatic rings. The molecule has 0 saturated heterocycles. The van der Waals surface area contributed by atoms with E-state index in [0.29, 0.717) is 17.5 Å². The zero-order valence-electron chi connectivity index (χ0n) is 14.7. The van der Waals surface area contributed by atoms with E-state index in [1.54, 1.807) is 0 Å². The lowest BCUT2D eigenvalue weighted by Crippen LogP contribution is -2.31.